The molecule has 90 valence electrons. The average molecular weight is 281 g/mol. The molecule has 0 spiro atoms. The second-order valence-corrected chi connectivity index (χ2v) is 4.47. The molecule has 0 unspecified atom stereocenters. The summed E-state index contributed by atoms with van der Waals surface area (Å²) in [5, 5.41) is 1.28. The van der Waals surface area contributed by atoms with E-state index in [2.05, 4.69) is 9.97 Å². The van der Waals surface area contributed by atoms with E-state index in [0.717, 1.165) is 11.6 Å². The van der Waals surface area contributed by atoms with Gasteiger partial charge in [0.2, 0.25) is 0 Å². The first-order valence-electron chi connectivity index (χ1n) is 5.08. The van der Waals surface area contributed by atoms with Crippen molar-refractivity contribution >= 4 is 34.8 Å². The molecule has 0 bridgehead atoms. The minimum atomic E-state index is -0.529. The summed E-state index contributed by atoms with van der Waals surface area (Å²) in [5.74, 6) is -0.192. The molecule has 0 fully saturated rings. The number of rotatable bonds is 1. The van der Waals surface area contributed by atoms with Crippen molar-refractivity contribution in [1.82, 2.24) is 9.97 Å². The van der Waals surface area contributed by atoms with Gasteiger partial charge in [-0.3, -0.25) is 0 Å². The molecule has 0 radical (unpaired) electrons. The Labute approximate surface area is 111 Å². The van der Waals surface area contributed by atoms with Crippen molar-refractivity contribution in [3.8, 4) is 11.5 Å². The number of benzene rings is 1. The molecule has 0 amide bonds. The summed E-state index contributed by atoms with van der Waals surface area (Å²) in [6.45, 7) is 0. The molecule has 0 aliphatic rings. The highest BCUT2D eigenvalue weighted by molar-refractivity contribution is 7.71. The highest BCUT2D eigenvalue weighted by Gasteiger charge is 2.13. The second kappa shape index (κ2) is 4.19. The Morgan fingerprint density at radius 1 is 1.39 bits per heavy atom. The number of para-hydroxylation sites is 1. The predicted octanol–water partition coefficient (Wildman–Crippen LogP) is 4.34. The monoisotopic (exact) mass is 280 g/mol. The molecule has 0 saturated heterocycles. The largest absolute Gasteiger partial charge is 0.453 e. The molecular formula is C12H6ClFN2OS. The lowest BCUT2D eigenvalue weighted by atomic mass is 10.2. The van der Waals surface area contributed by atoms with Crippen LogP contribution in [0.4, 0.5) is 4.39 Å². The number of aromatic nitrogens is 2. The van der Waals surface area contributed by atoms with E-state index >= 15 is 0 Å². The van der Waals surface area contributed by atoms with Crippen LogP contribution >= 0.6 is 23.8 Å². The van der Waals surface area contributed by atoms with Crippen molar-refractivity contribution in [3.63, 3.8) is 0 Å². The van der Waals surface area contributed by atoms with E-state index < -0.39 is 5.82 Å². The fourth-order valence-corrected chi connectivity index (χ4v) is 2.08. The number of furan rings is 1. The first-order valence-corrected chi connectivity index (χ1v) is 5.87. The van der Waals surface area contributed by atoms with Crippen LogP contribution in [-0.4, -0.2) is 9.97 Å². The smallest absolute Gasteiger partial charge is 0.197 e. The van der Waals surface area contributed by atoms with Gasteiger partial charge in [0, 0.05) is 5.39 Å². The zero-order valence-corrected chi connectivity index (χ0v) is 10.5. The van der Waals surface area contributed by atoms with Crippen LogP contribution in [-0.2, 0) is 0 Å². The van der Waals surface area contributed by atoms with Crippen LogP contribution in [0.5, 0.6) is 0 Å². The highest BCUT2D eigenvalue weighted by Crippen LogP contribution is 2.31. The van der Waals surface area contributed by atoms with Gasteiger partial charge in [-0.1, -0.05) is 23.7 Å². The van der Waals surface area contributed by atoms with Crippen LogP contribution in [0.25, 0.3) is 22.4 Å². The SMILES string of the molecule is Fc1cnc(=S)[nH]c1-c1cc2cccc(Cl)c2o1. The van der Waals surface area contributed by atoms with Gasteiger partial charge in [0.1, 0.15) is 5.69 Å². The van der Waals surface area contributed by atoms with Crippen molar-refractivity contribution in [2.45, 2.75) is 0 Å². The van der Waals surface area contributed by atoms with E-state index in [-0.39, 0.29) is 10.5 Å². The quantitative estimate of drug-likeness (QED) is 0.674. The summed E-state index contributed by atoms with van der Waals surface area (Å²) >= 11 is 10.9. The number of H-pyrrole nitrogens is 1. The molecule has 3 nitrogen and oxygen atoms in total. The van der Waals surface area contributed by atoms with Gasteiger partial charge < -0.3 is 9.40 Å². The molecule has 2 aromatic heterocycles. The molecule has 3 rings (SSSR count). The van der Waals surface area contributed by atoms with E-state index in [4.69, 9.17) is 28.2 Å². The van der Waals surface area contributed by atoms with Crippen molar-refractivity contribution in [2.75, 3.05) is 0 Å². The summed E-state index contributed by atoms with van der Waals surface area (Å²) in [6.07, 6.45) is 1.06. The number of nitrogens with zero attached hydrogens (tertiary/aromatic N) is 1. The fourth-order valence-electron chi connectivity index (χ4n) is 1.71. The van der Waals surface area contributed by atoms with Gasteiger partial charge in [0.25, 0.3) is 0 Å². The number of aromatic amines is 1. The van der Waals surface area contributed by atoms with E-state index in [1.54, 1.807) is 18.2 Å². The second-order valence-electron chi connectivity index (χ2n) is 3.68. The van der Waals surface area contributed by atoms with Crippen molar-refractivity contribution in [1.29, 1.82) is 0 Å². The Morgan fingerprint density at radius 3 is 3.00 bits per heavy atom. The Kier molecular flexibility index (Phi) is 2.65. The maximum Gasteiger partial charge on any atom is 0.197 e. The summed E-state index contributed by atoms with van der Waals surface area (Å²) < 4.78 is 19.4. The number of hydrogen-bond acceptors (Lipinski definition) is 3. The molecule has 6 heteroatoms. The first-order chi connectivity index (χ1) is 8.65. The van der Waals surface area contributed by atoms with E-state index in [1.807, 2.05) is 6.07 Å². The molecule has 1 aromatic carbocycles. The van der Waals surface area contributed by atoms with Gasteiger partial charge in [-0.15, -0.1) is 0 Å². The normalized spacial score (nSPS) is 11.0. The molecule has 0 aliphatic carbocycles. The highest BCUT2D eigenvalue weighted by atomic mass is 35.5. The standard InChI is InChI=1S/C12H6ClFN2OS/c13-7-3-1-2-6-4-9(17-11(6)7)10-8(14)5-15-12(18)16-10/h1-5H,(H,15,16,18). The number of nitrogens with one attached hydrogen (secondary N) is 1. The molecule has 0 atom stereocenters. The predicted molar refractivity (Wildman–Crippen MR) is 69.6 cm³/mol. The first kappa shape index (κ1) is 11.4. The molecule has 0 aliphatic heterocycles. The van der Waals surface area contributed by atoms with Crippen molar-refractivity contribution < 1.29 is 8.81 Å². The van der Waals surface area contributed by atoms with Gasteiger partial charge in [0.05, 0.1) is 11.2 Å². The van der Waals surface area contributed by atoms with Crippen LogP contribution in [0.3, 0.4) is 0 Å². The van der Waals surface area contributed by atoms with E-state index in [0.29, 0.717) is 16.4 Å². The fraction of sp³-hybridized carbons (Fsp3) is 0. The van der Waals surface area contributed by atoms with Crippen LogP contribution in [0, 0.1) is 10.6 Å². The van der Waals surface area contributed by atoms with Crippen molar-refractivity contribution in [2.24, 2.45) is 0 Å². The minimum Gasteiger partial charge on any atom is -0.453 e. The van der Waals surface area contributed by atoms with Gasteiger partial charge in [0.15, 0.2) is 21.9 Å². The average Bonchev–Trinajstić information content (AvgIpc) is 2.77. The molecule has 18 heavy (non-hydrogen) atoms. The summed E-state index contributed by atoms with van der Waals surface area (Å²) in [6, 6.07) is 7.05. The van der Waals surface area contributed by atoms with E-state index in [1.165, 1.54) is 0 Å². The lowest BCUT2D eigenvalue weighted by molar-refractivity contribution is 0.589. The topological polar surface area (TPSA) is 41.8 Å². The Bertz CT molecular complexity index is 796. The van der Waals surface area contributed by atoms with Gasteiger partial charge in [-0.2, -0.15) is 0 Å². The Morgan fingerprint density at radius 2 is 2.22 bits per heavy atom. The maximum absolute atomic E-state index is 13.7. The van der Waals surface area contributed by atoms with E-state index in [9.17, 15) is 4.39 Å². The lowest BCUT2D eigenvalue weighted by Crippen LogP contribution is -1.90. The van der Waals surface area contributed by atoms with Crippen LogP contribution < -0.4 is 0 Å². The lowest BCUT2D eigenvalue weighted by Gasteiger charge is -1.98. The third kappa shape index (κ3) is 1.81. The number of halogens is 2. The molecule has 1 N–H and O–H groups in total. The van der Waals surface area contributed by atoms with Gasteiger partial charge in [-0.05, 0) is 24.4 Å². The zero-order valence-electron chi connectivity index (χ0n) is 8.91. The van der Waals surface area contributed by atoms with Crippen molar-refractivity contribution in [3.05, 3.63) is 46.1 Å². The van der Waals surface area contributed by atoms with Gasteiger partial charge in [-0.25, -0.2) is 9.37 Å². The zero-order chi connectivity index (χ0) is 12.7. The van der Waals surface area contributed by atoms with Crippen LogP contribution in [0.2, 0.25) is 5.02 Å². The maximum atomic E-state index is 13.7. The number of fused-ring (bicyclic) bond motifs is 1. The van der Waals surface area contributed by atoms with Gasteiger partial charge >= 0.3 is 0 Å². The summed E-state index contributed by atoms with van der Waals surface area (Å²) in [4.78, 5) is 6.32. The molecule has 3 aromatic rings. The molecular weight excluding hydrogens is 275 g/mol. The molecule has 2 heterocycles. The minimum absolute atomic E-state index is 0.169. The van der Waals surface area contributed by atoms with Crippen LogP contribution in [0.1, 0.15) is 0 Å². The third-order valence-corrected chi connectivity index (χ3v) is 3.01. The summed E-state index contributed by atoms with van der Waals surface area (Å²) in [5.41, 5.74) is 0.687. The Hall–Kier alpha value is -1.72. The third-order valence-electron chi connectivity index (χ3n) is 2.51. The molecule has 0 saturated carbocycles. The number of hydrogen-bond donors (Lipinski definition) is 1. The van der Waals surface area contributed by atoms with Crippen LogP contribution in [0.15, 0.2) is 34.9 Å². The summed E-state index contributed by atoms with van der Waals surface area (Å²) in [7, 11) is 0. The Balaban J connectivity index is 2.29.